The Morgan fingerprint density at radius 1 is 0.524 bits per heavy atom. The van der Waals surface area contributed by atoms with Crippen molar-refractivity contribution in [1.29, 1.82) is 0 Å². The molecule has 0 aromatic heterocycles. The van der Waals surface area contributed by atoms with Crippen LogP contribution >= 0.6 is 0 Å². The number of aromatic hydroxyl groups is 4. The molecule has 0 spiro atoms. The van der Waals surface area contributed by atoms with Gasteiger partial charge in [0, 0.05) is 0 Å². The highest BCUT2D eigenvalue weighted by Crippen LogP contribution is 2.48. The third kappa shape index (κ3) is 5.51. The Kier molecular flexibility index (Phi) is 7.11. The minimum absolute atomic E-state index is 0.366. The van der Waals surface area contributed by atoms with Crippen molar-refractivity contribution in [2.45, 2.75) is 19.6 Å². The number of hydrogen-bond donors (Lipinski definition) is 5. The zero-order valence-electron chi connectivity index (χ0n) is 19.7. The first-order valence-corrected chi connectivity index (χ1v) is 16.0. The van der Waals surface area contributed by atoms with Crippen molar-refractivity contribution in [3.63, 3.8) is 0 Å². The molecule has 0 aliphatic carbocycles. The van der Waals surface area contributed by atoms with Crippen molar-refractivity contribution < 1.29 is 72.3 Å². The molecule has 0 aliphatic heterocycles. The first-order chi connectivity index (χ1) is 19.0. The van der Waals surface area contributed by atoms with Gasteiger partial charge in [-0.3, -0.25) is 4.55 Å². The van der Waals surface area contributed by atoms with E-state index in [1.165, 1.54) is 0 Å². The molecule has 42 heavy (non-hydrogen) atoms. The van der Waals surface area contributed by atoms with Gasteiger partial charge in [0.2, 0.25) is 0 Å². The molecule has 0 unspecified atom stereocenters. The lowest BCUT2D eigenvalue weighted by Crippen LogP contribution is -2.02. The van der Waals surface area contributed by atoms with Gasteiger partial charge in [-0.05, 0) is 47.2 Å². The van der Waals surface area contributed by atoms with E-state index in [1.807, 2.05) is 0 Å². The lowest BCUT2D eigenvalue weighted by atomic mass is 10.1. The standard InChI is InChI=1S/C20H14N2O16S4/c23-11-5-9(39(27,28)29)1-7-4-14(42(36,37)38)19(25)18(15(7)11)22-21-17-13(41(33,34)35)3-8-2-10(40(30,31)32)6-12(24)16(8)20(17)26/h1-6,23-26H,(H,27,28,29)(H,30,31,32)(H,33,34,35)(H,36,37,38)/p-3. The molecule has 4 aromatic rings. The Balaban J connectivity index is 2.14. The van der Waals surface area contributed by atoms with Crippen LogP contribution in [0.25, 0.3) is 21.5 Å². The van der Waals surface area contributed by atoms with Crippen molar-refractivity contribution in [3.05, 3.63) is 36.4 Å². The van der Waals surface area contributed by atoms with Gasteiger partial charge < -0.3 is 34.1 Å². The molecule has 0 amide bonds. The Labute approximate surface area is 234 Å². The van der Waals surface area contributed by atoms with Gasteiger partial charge in [-0.25, -0.2) is 25.3 Å². The molecule has 0 aliphatic rings. The first-order valence-electron chi connectivity index (χ1n) is 10.3. The predicted octanol–water partition coefficient (Wildman–Crippen LogP) is 1.19. The number of fused-ring (bicyclic) bond motifs is 2. The largest absolute Gasteiger partial charge is 0.744 e. The number of rotatable bonds is 6. The number of phenols is 4. The summed E-state index contributed by atoms with van der Waals surface area (Å²) in [7, 11) is -21.5. The lowest BCUT2D eigenvalue weighted by molar-refractivity contribution is 0.435. The number of phenolic OH excluding ortho intramolecular Hbond substituents is 4. The second-order valence-electron chi connectivity index (χ2n) is 8.26. The summed E-state index contributed by atoms with van der Waals surface area (Å²) in [5.74, 6) is -5.08. The Bertz CT molecular complexity index is 2330. The zero-order valence-corrected chi connectivity index (χ0v) is 23.0. The van der Waals surface area contributed by atoms with Crippen LogP contribution in [0.1, 0.15) is 0 Å². The lowest BCUT2D eigenvalue weighted by Gasteiger charge is -2.16. The maximum Gasteiger partial charge on any atom is 0.296 e. The van der Waals surface area contributed by atoms with Gasteiger partial charge in [-0.2, -0.15) is 8.42 Å². The molecule has 0 bridgehead atoms. The van der Waals surface area contributed by atoms with Crippen molar-refractivity contribution >= 4 is 73.4 Å². The van der Waals surface area contributed by atoms with E-state index in [9.17, 15) is 72.3 Å². The first kappa shape index (κ1) is 30.8. The number of benzene rings is 4. The quantitative estimate of drug-likeness (QED) is 0.143. The van der Waals surface area contributed by atoms with Crippen LogP contribution in [0.4, 0.5) is 11.4 Å². The van der Waals surface area contributed by atoms with Crippen LogP contribution in [0.2, 0.25) is 0 Å². The van der Waals surface area contributed by atoms with Crippen LogP contribution in [-0.4, -0.2) is 72.3 Å². The van der Waals surface area contributed by atoms with E-state index in [2.05, 4.69) is 10.2 Å². The second kappa shape index (κ2) is 9.70. The third-order valence-electron chi connectivity index (χ3n) is 5.58. The van der Waals surface area contributed by atoms with E-state index in [0.29, 0.717) is 36.4 Å². The zero-order chi connectivity index (χ0) is 31.7. The molecule has 224 valence electrons. The molecule has 0 radical (unpaired) electrons. The molecule has 0 heterocycles. The minimum atomic E-state index is -5.59. The average molecular weight is 664 g/mol. The Morgan fingerprint density at radius 2 is 0.952 bits per heavy atom. The highest BCUT2D eigenvalue weighted by Gasteiger charge is 2.26. The van der Waals surface area contributed by atoms with E-state index < -0.39 is 116 Å². The third-order valence-corrected chi connectivity index (χ3v) is 8.92. The number of azo groups is 1. The summed E-state index contributed by atoms with van der Waals surface area (Å²) in [6, 6.07) is 2.63. The summed E-state index contributed by atoms with van der Waals surface area (Å²) >= 11 is 0. The molecular weight excluding hydrogens is 652 g/mol. The summed E-state index contributed by atoms with van der Waals surface area (Å²) in [4.78, 5) is -4.97. The van der Waals surface area contributed by atoms with Crippen LogP contribution in [0, 0.1) is 0 Å². The van der Waals surface area contributed by atoms with E-state index >= 15 is 0 Å². The normalized spacial score (nSPS) is 13.3. The van der Waals surface area contributed by atoms with Crippen molar-refractivity contribution in [3.8, 4) is 23.0 Å². The van der Waals surface area contributed by atoms with Crippen LogP contribution in [-0.2, 0) is 40.5 Å². The fourth-order valence-electron chi connectivity index (χ4n) is 3.85. The molecule has 0 saturated carbocycles. The van der Waals surface area contributed by atoms with Crippen molar-refractivity contribution in [1.82, 2.24) is 0 Å². The topological polar surface area (TPSA) is 332 Å². The Hall–Kier alpha value is -4.16. The predicted molar refractivity (Wildman–Crippen MR) is 132 cm³/mol. The summed E-state index contributed by atoms with van der Waals surface area (Å²) in [6.07, 6.45) is 0. The van der Waals surface area contributed by atoms with E-state index in [4.69, 9.17) is 0 Å². The fraction of sp³-hybridized carbons (Fsp3) is 0. The monoisotopic (exact) mass is 663 g/mol. The van der Waals surface area contributed by atoms with Gasteiger partial charge in [0.1, 0.15) is 58.1 Å². The van der Waals surface area contributed by atoms with Gasteiger partial charge in [-0.1, -0.05) is 0 Å². The SMILES string of the molecule is O=S(=O)([O-])c1cc(O)c2c(O)c(N=Nc3c(O)c(S(=O)(=O)[O-])cc4cc(S(=O)(=O)[O-])cc(O)c34)c(S(=O)(=O)O)cc2c1. The average Bonchev–Trinajstić information content (AvgIpc) is 2.81. The van der Waals surface area contributed by atoms with Crippen LogP contribution in [0.3, 0.4) is 0 Å². The highest BCUT2D eigenvalue weighted by atomic mass is 32.2. The van der Waals surface area contributed by atoms with Gasteiger partial charge in [0.05, 0.1) is 25.5 Å². The highest BCUT2D eigenvalue weighted by molar-refractivity contribution is 7.86. The van der Waals surface area contributed by atoms with Crippen molar-refractivity contribution in [2.24, 2.45) is 10.2 Å². The van der Waals surface area contributed by atoms with Crippen LogP contribution in [0.5, 0.6) is 23.0 Å². The summed E-state index contributed by atoms with van der Waals surface area (Å²) in [5, 5.41) is 45.8. The summed E-state index contributed by atoms with van der Waals surface area (Å²) < 4.78 is 137. The maximum atomic E-state index is 12.1. The molecule has 0 saturated heterocycles. The van der Waals surface area contributed by atoms with Gasteiger partial charge in [0.25, 0.3) is 10.1 Å². The second-order valence-corrected chi connectivity index (χ2v) is 13.8. The van der Waals surface area contributed by atoms with Crippen LogP contribution in [0.15, 0.2) is 66.2 Å². The molecule has 4 aromatic carbocycles. The van der Waals surface area contributed by atoms with E-state index in [-0.39, 0.29) is 0 Å². The maximum absolute atomic E-state index is 12.1. The van der Waals surface area contributed by atoms with Gasteiger partial charge in [-0.15, -0.1) is 10.2 Å². The molecule has 0 atom stereocenters. The van der Waals surface area contributed by atoms with E-state index in [1.54, 1.807) is 0 Å². The molecule has 4 rings (SSSR count). The molecule has 5 N–H and O–H groups in total. The molecule has 0 fully saturated rings. The molecule has 18 nitrogen and oxygen atoms in total. The smallest absolute Gasteiger partial charge is 0.296 e. The van der Waals surface area contributed by atoms with E-state index in [0.717, 1.165) is 0 Å². The number of nitrogens with zero attached hydrogens (tertiary/aromatic N) is 2. The molecule has 22 heteroatoms. The summed E-state index contributed by atoms with van der Waals surface area (Å²) in [6.45, 7) is 0. The van der Waals surface area contributed by atoms with Gasteiger partial charge in [0.15, 0.2) is 11.5 Å². The van der Waals surface area contributed by atoms with Gasteiger partial charge >= 0.3 is 0 Å². The molecular formula is C20H11N2O16S4-3. The van der Waals surface area contributed by atoms with Crippen LogP contribution < -0.4 is 0 Å². The number of hydrogen-bond acceptors (Lipinski definition) is 17. The summed E-state index contributed by atoms with van der Waals surface area (Å²) in [5.41, 5.74) is -2.38. The van der Waals surface area contributed by atoms with Crippen molar-refractivity contribution in [2.75, 3.05) is 0 Å². The Morgan fingerprint density at radius 3 is 1.40 bits per heavy atom. The fourth-order valence-corrected chi connectivity index (χ4v) is 6.16. The minimum Gasteiger partial charge on any atom is -0.744 e.